The fourth-order valence-corrected chi connectivity index (χ4v) is 5.67. The van der Waals surface area contributed by atoms with E-state index in [1.165, 1.54) is 25.0 Å². The van der Waals surface area contributed by atoms with Gasteiger partial charge in [-0.15, -0.1) is 4.73 Å². The molecule has 188 valence electrons. The van der Waals surface area contributed by atoms with Crippen LogP contribution in [0.25, 0.3) is 22.3 Å². The number of fused-ring (bicyclic) bond motifs is 1. The molecule has 1 atom stereocenters. The third kappa shape index (κ3) is 4.29. The number of pyridine rings is 1. The third-order valence-corrected chi connectivity index (χ3v) is 7.83. The van der Waals surface area contributed by atoms with Crippen LogP contribution in [0.3, 0.4) is 0 Å². The number of imidazole rings is 1. The van der Waals surface area contributed by atoms with Crippen molar-refractivity contribution < 1.29 is 9.23 Å². The lowest BCUT2D eigenvalue weighted by molar-refractivity contribution is 0.0492. The van der Waals surface area contributed by atoms with Crippen molar-refractivity contribution in [2.75, 3.05) is 13.1 Å². The summed E-state index contributed by atoms with van der Waals surface area (Å²) in [5.41, 5.74) is 2.26. The molecule has 1 unspecified atom stereocenters. The molecule has 8 nitrogen and oxygen atoms in total. The van der Waals surface area contributed by atoms with Gasteiger partial charge >= 0.3 is 5.69 Å². The van der Waals surface area contributed by atoms with Gasteiger partial charge in [-0.1, -0.05) is 23.2 Å². The monoisotopic (exact) mass is 530 g/mol. The zero-order chi connectivity index (χ0) is 25.0. The van der Waals surface area contributed by atoms with Crippen molar-refractivity contribution in [3.05, 3.63) is 68.7 Å². The number of hydrogen-bond donors (Lipinski definition) is 1. The molecule has 2 fully saturated rings. The molecule has 1 aromatic carbocycles. The van der Waals surface area contributed by atoms with E-state index in [0.29, 0.717) is 17.2 Å². The molecule has 4 aromatic rings. The zero-order valence-electron chi connectivity index (χ0n) is 19.6. The van der Waals surface area contributed by atoms with Crippen LogP contribution in [0.15, 0.2) is 41.6 Å². The van der Waals surface area contributed by atoms with Crippen LogP contribution >= 0.6 is 23.2 Å². The minimum atomic E-state index is -0.801. The minimum Gasteiger partial charge on any atom is -0.401 e. The molecule has 11 heteroatoms. The van der Waals surface area contributed by atoms with Gasteiger partial charge in [-0.05, 0) is 50.8 Å². The topological polar surface area (TPSA) is 81.0 Å². The lowest BCUT2D eigenvalue weighted by Crippen LogP contribution is -2.36. The van der Waals surface area contributed by atoms with Crippen molar-refractivity contribution in [3.63, 3.8) is 0 Å². The summed E-state index contributed by atoms with van der Waals surface area (Å²) in [7, 11) is 0. The van der Waals surface area contributed by atoms with Gasteiger partial charge in [0.2, 0.25) is 0 Å². The predicted octanol–water partition coefficient (Wildman–Crippen LogP) is 5.02. The van der Waals surface area contributed by atoms with E-state index in [2.05, 4.69) is 20.0 Å². The first kappa shape index (κ1) is 23.5. The van der Waals surface area contributed by atoms with Crippen molar-refractivity contribution in [2.45, 2.75) is 50.8 Å². The number of rotatable bonds is 6. The van der Waals surface area contributed by atoms with Crippen LogP contribution in [0, 0.1) is 5.82 Å². The van der Waals surface area contributed by atoms with E-state index in [1.807, 2.05) is 23.1 Å². The highest BCUT2D eigenvalue weighted by molar-refractivity contribution is 6.36. The molecule has 1 saturated heterocycles. The smallest absolute Gasteiger partial charge is 0.360 e. The van der Waals surface area contributed by atoms with E-state index in [1.54, 1.807) is 13.1 Å². The third-order valence-electron chi connectivity index (χ3n) is 7.12. The van der Waals surface area contributed by atoms with Gasteiger partial charge in [0.15, 0.2) is 11.8 Å². The average Bonchev–Trinajstić information content (AvgIpc) is 3.53. The second kappa shape index (κ2) is 9.21. The SMILES string of the molecule is CC(On1c(=O)[nH]c2ncc(-c3cnn(C4CCN(C5CC5)CC4)c3)cc21)c1c(Cl)ccc(F)c1Cl. The highest BCUT2D eigenvalue weighted by Gasteiger charge is 2.32. The van der Waals surface area contributed by atoms with E-state index >= 15 is 0 Å². The number of benzene rings is 1. The van der Waals surface area contributed by atoms with Crippen LogP contribution in [0.5, 0.6) is 0 Å². The van der Waals surface area contributed by atoms with Gasteiger partial charge in [-0.2, -0.15) is 5.10 Å². The number of nitrogens with one attached hydrogen (secondary N) is 1. The number of nitrogens with zero attached hydrogens (tertiary/aromatic N) is 5. The quantitative estimate of drug-likeness (QED) is 0.354. The largest absolute Gasteiger partial charge is 0.401 e. The summed E-state index contributed by atoms with van der Waals surface area (Å²) in [5.74, 6) is -0.614. The summed E-state index contributed by atoms with van der Waals surface area (Å²) in [5, 5.41) is 4.73. The van der Waals surface area contributed by atoms with Crippen LogP contribution < -0.4 is 10.5 Å². The molecule has 2 aliphatic rings. The number of likely N-dealkylation sites (tertiary alicyclic amines) is 1. The Morgan fingerprint density at radius 2 is 1.89 bits per heavy atom. The van der Waals surface area contributed by atoms with Gasteiger partial charge in [-0.25, -0.2) is 14.2 Å². The number of H-pyrrole nitrogens is 1. The number of halogens is 3. The Bertz CT molecular complexity index is 1490. The van der Waals surface area contributed by atoms with E-state index in [4.69, 9.17) is 28.0 Å². The molecule has 1 saturated carbocycles. The van der Waals surface area contributed by atoms with Gasteiger partial charge in [0, 0.05) is 53.2 Å². The van der Waals surface area contributed by atoms with Crippen molar-refractivity contribution in [3.8, 4) is 11.1 Å². The number of aromatic amines is 1. The summed E-state index contributed by atoms with van der Waals surface area (Å²) in [4.78, 5) is 28.3. The average molecular weight is 531 g/mol. The second-order valence-electron chi connectivity index (χ2n) is 9.53. The Kier molecular flexibility index (Phi) is 6.02. The molecule has 1 aliphatic heterocycles. The lowest BCUT2D eigenvalue weighted by atomic mass is 10.1. The minimum absolute atomic E-state index is 0.142. The molecule has 0 spiro atoms. The first-order chi connectivity index (χ1) is 17.4. The highest BCUT2D eigenvalue weighted by Crippen LogP contribution is 2.34. The van der Waals surface area contributed by atoms with Crippen LogP contribution in [0.2, 0.25) is 10.0 Å². The van der Waals surface area contributed by atoms with Crippen molar-refractivity contribution in [1.82, 2.24) is 29.4 Å². The molecule has 1 aliphatic carbocycles. The van der Waals surface area contributed by atoms with Crippen LogP contribution in [0.1, 0.15) is 50.3 Å². The molecule has 0 amide bonds. The van der Waals surface area contributed by atoms with E-state index in [9.17, 15) is 9.18 Å². The van der Waals surface area contributed by atoms with Crippen LogP contribution in [-0.4, -0.2) is 48.5 Å². The maximum absolute atomic E-state index is 14.0. The maximum Gasteiger partial charge on any atom is 0.360 e. The van der Waals surface area contributed by atoms with Gasteiger partial charge in [0.05, 0.1) is 17.3 Å². The van der Waals surface area contributed by atoms with Gasteiger partial charge in [-0.3, -0.25) is 9.67 Å². The Labute approximate surface area is 216 Å². The molecule has 4 heterocycles. The number of aromatic nitrogens is 5. The fourth-order valence-electron chi connectivity index (χ4n) is 5.00. The van der Waals surface area contributed by atoms with Gasteiger partial charge in [0.1, 0.15) is 11.3 Å². The predicted molar refractivity (Wildman–Crippen MR) is 136 cm³/mol. The molecule has 6 rings (SSSR count). The van der Waals surface area contributed by atoms with Gasteiger partial charge in [0.25, 0.3) is 0 Å². The zero-order valence-corrected chi connectivity index (χ0v) is 21.1. The summed E-state index contributed by atoms with van der Waals surface area (Å²) in [6.07, 6.45) is 9.59. The van der Waals surface area contributed by atoms with Crippen molar-refractivity contribution in [1.29, 1.82) is 0 Å². The summed E-state index contributed by atoms with van der Waals surface area (Å²) < 4.78 is 17.2. The first-order valence-electron chi connectivity index (χ1n) is 12.1. The van der Waals surface area contributed by atoms with Crippen molar-refractivity contribution >= 4 is 34.4 Å². The Morgan fingerprint density at radius 3 is 2.64 bits per heavy atom. The standard InChI is InChI=1S/C25H25Cl2FN6O2/c1-14(22-19(26)4-5-20(28)23(22)27)36-34-21-10-15(11-29-24(21)31-25(34)35)16-12-30-33(13-16)18-6-8-32(9-7-18)17-2-3-17/h4-5,10-14,17-18H,2-3,6-9H2,1H3,(H,29,31,35). The Balaban J connectivity index is 1.26. The Morgan fingerprint density at radius 1 is 1.11 bits per heavy atom. The normalized spacial score (nSPS) is 18.1. The summed E-state index contributed by atoms with van der Waals surface area (Å²) >= 11 is 12.4. The molecular weight excluding hydrogens is 506 g/mol. The molecular formula is C25H25Cl2FN6O2. The molecule has 0 radical (unpaired) electrons. The lowest BCUT2D eigenvalue weighted by Gasteiger charge is -2.32. The first-order valence-corrected chi connectivity index (χ1v) is 12.8. The van der Waals surface area contributed by atoms with Crippen LogP contribution in [-0.2, 0) is 0 Å². The maximum atomic E-state index is 14.0. The highest BCUT2D eigenvalue weighted by atomic mass is 35.5. The molecule has 36 heavy (non-hydrogen) atoms. The molecule has 0 bridgehead atoms. The second-order valence-corrected chi connectivity index (χ2v) is 10.3. The summed E-state index contributed by atoms with van der Waals surface area (Å²) in [6, 6.07) is 5.59. The van der Waals surface area contributed by atoms with E-state index in [0.717, 1.165) is 47.8 Å². The number of piperidine rings is 1. The van der Waals surface area contributed by atoms with Crippen molar-refractivity contribution in [2.24, 2.45) is 0 Å². The molecule has 1 N–H and O–H groups in total. The fraction of sp³-hybridized carbons (Fsp3) is 0.400. The van der Waals surface area contributed by atoms with Gasteiger partial charge < -0.3 is 9.74 Å². The van der Waals surface area contributed by atoms with E-state index in [-0.39, 0.29) is 15.6 Å². The summed E-state index contributed by atoms with van der Waals surface area (Å²) in [6.45, 7) is 3.87. The molecule has 3 aromatic heterocycles. The van der Waals surface area contributed by atoms with E-state index < -0.39 is 17.6 Å². The van der Waals surface area contributed by atoms with Crippen LogP contribution in [0.4, 0.5) is 4.39 Å². The number of hydrogen-bond acceptors (Lipinski definition) is 5. The Hall–Kier alpha value is -2.88.